The second-order valence-corrected chi connectivity index (χ2v) is 7.44. The predicted octanol–water partition coefficient (Wildman–Crippen LogP) is 6.48. The van der Waals surface area contributed by atoms with Gasteiger partial charge >= 0.3 is 0 Å². The average Bonchev–Trinajstić information content (AvgIpc) is 3.09. The van der Waals surface area contributed by atoms with Crippen molar-refractivity contribution in [1.82, 2.24) is 9.97 Å². The predicted molar refractivity (Wildman–Crippen MR) is 108 cm³/mol. The van der Waals surface area contributed by atoms with Crippen molar-refractivity contribution in [3.05, 3.63) is 78.1 Å². The summed E-state index contributed by atoms with van der Waals surface area (Å²) < 4.78 is 0. The summed E-state index contributed by atoms with van der Waals surface area (Å²) >= 11 is 12.1. The quantitative estimate of drug-likeness (QED) is 0.411. The van der Waals surface area contributed by atoms with Crippen LogP contribution < -0.4 is 0 Å². The van der Waals surface area contributed by atoms with E-state index in [1.807, 2.05) is 48.5 Å². The number of thiazole rings is 1. The standard InChI is InChI=1S/C20H13ClN2S2/c21-16-5-1-13(2-6-16)18-19(14-3-7-17(24)8-4-14)25-20(23-18)15-9-11-22-12-10-15/h1-12,24H. The molecule has 2 aromatic carbocycles. The molecule has 0 fully saturated rings. The molecule has 0 unspecified atom stereocenters. The number of benzene rings is 2. The summed E-state index contributed by atoms with van der Waals surface area (Å²) in [5, 5.41) is 1.69. The molecular formula is C20H13ClN2S2. The van der Waals surface area contributed by atoms with Crippen LogP contribution in [0, 0.1) is 0 Å². The Hall–Kier alpha value is -2.14. The molecule has 4 rings (SSSR count). The molecule has 2 aromatic heterocycles. The Kier molecular flexibility index (Phi) is 4.57. The zero-order valence-electron chi connectivity index (χ0n) is 13.1. The van der Waals surface area contributed by atoms with E-state index in [9.17, 15) is 0 Å². The highest BCUT2D eigenvalue weighted by molar-refractivity contribution is 7.80. The minimum absolute atomic E-state index is 0.717. The molecule has 0 bridgehead atoms. The van der Waals surface area contributed by atoms with E-state index in [2.05, 4.69) is 29.7 Å². The Morgan fingerprint density at radius 2 is 1.40 bits per heavy atom. The van der Waals surface area contributed by atoms with Crippen LogP contribution in [0.1, 0.15) is 0 Å². The molecule has 0 aliphatic heterocycles. The second-order valence-electron chi connectivity index (χ2n) is 5.49. The van der Waals surface area contributed by atoms with Gasteiger partial charge < -0.3 is 0 Å². The van der Waals surface area contributed by atoms with Gasteiger partial charge in [0, 0.05) is 33.4 Å². The summed E-state index contributed by atoms with van der Waals surface area (Å²) in [6.45, 7) is 0. The SMILES string of the molecule is Sc1ccc(-c2sc(-c3ccncc3)nc2-c2ccc(Cl)cc2)cc1. The van der Waals surface area contributed by atoms with Gasteiger partial charge in [-0.2, -0.15) is 0 Å². The maximum absolute atomic E-state index is 6.04. The molecule has 122 valence electrons. The van der Waals surface area contributed by atoms with Crippen LogP contribution in [0.2, 0.25) is 5.02 Å². The first-order valence-corrected chi connectivity index (χ1v) is 9.31. The van der Waals surface area contributed by atoms with E-state index in [0.29, 0.717) is 5.02 Å². The largest absolute Gasteiger partial charge is 0.265 e. The molecule has 0 amide bonds. The third kappa shape index (κ3) is 3.47. The molecule has 5 heteroatoms. The summed E-state index contributed by atoms with van der Waals surface area (Å²) in [4.78, 5) is 11.1. The van der Waals surface area contributed by atoms with Crippen molar-refractivity contribution >= 4 is 35.6 Å². The summed E-state index contributed by atoms with van der Waals surface area (Å²) in [6, 6.07) is 19.9. The minimum Gasteiger partial charge on any atom is -0.265 e. The molecule has 0 radical (unpaired) electrons. The maximum atomic E-state index is 6.04. The lowest BCUT2D eigenvalue weighted by Gasteiger charge is -2.03. The fourth-order valence-corrected chi connectivity index (χ4v) is 3.92. The number of rotatable bonds is 3. The van der Waals surface area contributed by atoms with Crippen LogP contribution >= 0.6 is 35.6 Å². The molecule has 0 aliphatic carbocycles. The van der Waals surface area contributed by atoms with Gasteiger partial charge in [-0.15, -0.1) is 24.0 Å². The molecule has 0 aliphatic rings. The van der Waals surface area contributed by atoms with Gasteiger partial charge in [0.05, 0.1) is 10.6 Å². The third-order valence-electron chi connectivity index (χ3n) is 3.80. The highest BCUT2D eigenvalue weighted by Crippen LogP contribution is 2.40. The molecule has 0 saturated heterocycles. The lowest BCUT2D eigenvalue weighted by atomic mass is 10.1. The van der Waals surface area contributed by atoms with Crippen molar-refractivity contribution in [3.8, 4) is 32.3 Å². The third-order valence-corrected chi connectivity index (χ3v) is 5.51. The fourth-order valence-electron chi connectivity index (χ4n) is 2.55. The van der Waals surface area contributed by atoms with Gasteiger partial charge in [0.1, 0.15) is 5.01 Å². The van der Waals surface area contributed by atoms with Gasteiger partial charge in [0.25, 0.3) is 0 Å². The number of pyridine rings is 1. The number of halogens is 1. The van der Waals surface area contributed by atoms with Crippen LogP contribution in [0.4, 0.5) is 0 Å². The van der Waals surface area contributed by atoms with Crippen LogP contribution in [0.25, 0.3) is 32.3 Å². The average molecular weight is 381 g/mol. The Bertz CT molecular complexity index is 931. The summed E-state index contributed by atoms with van der Waals surface area (Å²) in [5.41, 5.74) is 4.19. The minimum atomic E-state index is 0.717. The van der Waals surface area contributed by atoms with Gasteiger partial charge in [-0.05, 0) is 42.0 Å². The van der Waals surface area contributed by atoms with Crippen LogP contribution in [-0.4, -0.2) is 9.97 Å². The summed E-state index contributed by atoms with van der Waals surface area (Å²) in [5.74, 6) is 0. The first-order chi connectivity index (χ1) is 12.2. The molecule has 0 N–H and O–H groups in total. The zero-order valence-corrected chi connectivity index (χ0v) is 15.5. The lowest BCUT2D eigenvalue weighted by molar-refractivity contribution is 1.32. The Morgan fingerprint density at radius 3 is 2.08 bits per heavy atom. The number of hydrogen-bond acceptors (Lipinski definition) is 4. The van der Waals surface area contributed by atoms with Gasteiger partial charge in [0.15, 0.2) is 0 Å². The van der Waals surface area contributed by atoms with E-state index < -0.39 is 0 Å². The number of nitrogens with zero attached hydrogens (tertiary/aromatic N) is 2. The highest BCUT2D eigenvalue weighted by atomic mass is 35.5. The highest BCUT2D eigenvalue weighted by Gasteiger charge is 2.16. The van der Waals surface area contributed by atoms with Crippen molar-refractivity contribution in [3.63, 3.8) is 0 Å². The molecular weight excluding hydrogens is 368 g/mol. The van der Waals surface area contributed by atoms with Crippen LogP contribution in [0.15, 0.2) is 78.0 Å². The van der Waals surface area contributed by atoms with E-state index in [-0.39, 0.29) is 0 Å². The zero-order chi connectivity index (χ0) is 17.2. The number of hydrogen-bond donors (Lipinski definition) is 1. The van der Waals surface area contributed by atoms with E-state index in [0.717, 1.165) is 37.2 Å². The summed E-state index contributed by atoms with van der Waals surface area (Å²) in [6.07, 6.45) is 3.57. The molecule has 4 aromatic rings. The van der Waals surface area contributed by atoms with Gasteiger partial charge in [-0.25, -0.2) is 4.98 Å². The van der Waals surface area contributed by atoms with Crippen LogP contribution in [-0.2, 0) is 0 Å². The molecule has 0 saturated carbocycles. The second kappa shape index (κ2) is 7.00. The Morgan fingerprint density at radius 1 is 0.760 bits per heavy atom. The van der Waals surface area contributed by atoms with E-state index in [1.165, 1.54) is 0 Å². The fraction of sp³-hybridized carbons (Fsp3) is 0. The van der Waals surface area contributed by atoms with Crippen molar-refractivity contribution in [2.45, 2.75) is 4.90 Å². The van der Waals surface area contributed by atoms with Crippen molar-refractivity contribution < 1.29 is 0 Å². The molecule has 2 nitrogen and oxygen atoms in total. The summed E-state index contributed by atoms with van der Waals surface area (Å²) in [7, 11) is 0. The van der Waals surface area contributed by atoms with Gasteiger partial charge in [0.2, 0.25) is 0 Å². The topological polar surface area (TPSA) is 25.8 Å². The molecule has 2 heterocycles. The van der Waals surface area contributed by atoms with Crippen molar-refractivity contribution in [2.75, 3.05) is 0 Å². The Labute approximate surface area is 160 Å². The van der Waals surface area contributed by atoms with E-state index >= 15 is 0 Å². The smallest absolute Gasteiger partial charge is 0.124 e. The van der Waals surface area contributed by atoms with Crippen LogP contribution in [0.5, 0.6) is 0 Å². The number of aromatic nitrogens is 2. The normalized spacial score (nSPS) is 10.8. The maximum Gasteiger partial charge on any atom is 0.124 e. The molecule has 25 heavy (non-hydrogen) atoms. The van der Waals surface area contributed by atoms with Crippen molar-refractivity contribution in [1.29, 1.82) is 0 Å². The molecule has 0 atom stereocenters. The first-order valence-electron chi connectivity index (χ1n) is 7.67. The van der Waals surface area contributed by atoms with Crippen LogP contribution in [0.3, 0.4) is 0 Å². The van der Waals surface area contributed by atoms with E-state index in [1.54, 1.807) is 23.7 Å². The number of thiol groups is 1. The monoisotopic (exact) mass is 380 g/mol. The molecule has 0 spiro atoms. The van der Waals surface area contributed by atoms with Gasteiger partial charge in [-0.3, -0.25) is 4.98 Å². The van der Waals surface area contributed by atoms with E-state index in [4.69, 9.17) is 16.6 Å². The van der Waals surface area contributed by atoms with Gasteiger partial charge in [-0.1, -0.05) is 35.9 Å². The Balaban J connectivity index is 1.89. The lowest BCUT2D eigenvalue weighted by Crippen LogP contribution is -1.83. The first kappa shape index (κ1) is 16.3. The van der Waals surface area contributed by atoms with Crippen molar-refractivity contribution in [2.24, 2.45) is 0 Å².